The van der Waals surface area contributed by atoms with Crippen molar-refractivity contribution >= 4 is 17.8 Å². The molecule has 3 N–H and O–H groups in total. The first kappa shape index (κ1) is 28.0. The maximum Gasteiger partial charge on any atom is 0.322 e. The predicted molar refractivity (Wildman–Crippen MR) is 139 cm³/mol. The van der Waals surface area contributed by atoms with Gasteiger partial charge in [0.25, 0.3) is 5.91 Å². The van der Waals surface area contributed by atoms with E-state index < -0.39 is 24.5 Å². The number of hydrogen-bond donors (Lipinski definition) is 3. The van der Waals surface area contributed by atoms with Gasteiger partial charge in [0.1, 0.15) is 18.0 Å². The van der Waals surface area contributed by atoms with Crippen molar-refractivity contribution in [2.45, 2.75) is 70.9 Å². The number of carboxylic acids is 1. The first-order valence-electron chi connectivity index (χ1n) is 12.8. The monoisotopic (exact) mass is 514 g/mol. The van der Waals surface area contributed by atoms with Gasteiger partial charge in [-0.15, -0.1) is 0 Å². The summed E-state index contributed by atoms with van der Waals surface area (Å²) in [4.78, 5) is 36.5. The van der Waals surface area contributed by atoms with E-state index in [0.29, 0.717) is 17.9 Å². The van der Waals surface area contributed by atoms with Gasteiger partial charge in [0.15, 0.2) is 5.69 Å². The van der Waals surface area contributed by atoms with Crippen LogP contribution in [-0.4, -0.2) is 59.5 Å². The number of nitrogens with zero attached hydrogens (tertiary/aromatic N) is 2. The molecular weight excluding hydrogens is 476 g/mol. The summed E-state index contributed by atoms with van der Waals surface area (Å²) in [6, 6.07) is 6.98. The molecule has 2 aromatic rings. The number of ether oxygens (including phenoxy) is 2. The number of methoxy groups -OCH3 is 2. The lowest BCUT2D eigenvalue weighted by atomic mass is 9.95. The Labute approximate surface area is 217 Å². The van der Waals surface area contributed by atoms with Crippen LogP contribution in [0.3, 0.4) is 0 Å². The van der Waals surface area contributed by atoms with Crippen molar-refractivity contribution in [1.29, 1.82) is 0 Å². The number of aliphatic carboxylic acids is 1. The highest BCUT2D eigenvalue weighted by atomic mass is 16.5. The van der Waals surface area contributed by atoms with E-state index in [4.69, 9.17) is 19.7 Å². The van der Waals surface area contributed by atoms with Gasteiger partial charge in [-0.3, -0.25) is 19.1 Å². The summed E-state index contributed by atoms with van der Waals surface area (Å²) in [5, 5.41) is 18.9. The van der Waals surface area contributed by atoms with Gasteiger partial charge in [0, 0.05) is 12.5 Å². The predicted octanol–water partition coefficient (Wildman–Crippen LogP) is 3.81. The number of nitrogens with one attached hydrogen (secondary N) is 2. The zero-order valence-electron chi connectivity index (χ0n) is 22.1. The normalized spacial score (nSPS) is 14.7. The maximum atomic E-state index is 13.4. The van der Waals surface area contributed by atoms with Crippen molar-refractivity contribution in [2.24, 2.45) is 5.92 Å². The summed E-state index contributed by atoms with van der Waals surface area (Å²) in [6.45, 7) is 3.54. The van der Waals surface area contributed by atoms with Gasteiger partial charge in [-0.05, 0) is 43.4 Å². The smallest absolute Gasteiger partial charge is 0.322 e. The van der Waals surface area contributed by atoms with Crippen LogP contribution in [0.1, 0.15) is 75.3 Å². The van der Waals surface area contributed by atoms with E-state index in [-0.39, 0.29) is 30.0 Å². The van der Waals surface area contributed by atoms with Gasteiger partial charge in [-0.2, -0.15) is 5.10 Å². The van der Waals surface area contributed by atoms with Crippen molar-refractivity contribution in [1.82, 2.24) is 20.4 Å². The number of aromatic nitrogens is 2. The van der Waals surface area contributed by atoms with Gasteiger partial charge < -0.3 is 25.2 Å². The number of hydrogen-bond acceptors (Lipinski definition) is 6. The van der Waals surface area contributed by atoms with Crippen molar-refractivity contribution in [3.8, 4) is 22.8 Å². The fourth-order valence-corrected chi connectivity index (χ4v) is 4.89. The highest BCUT2D eigenvalue weighted by Crippen LogP contribution is 2.41. The molecule has 1 saturated carbocycles. The van der Waals surface area contributed by atoms with E-state index in [0.717, 1.165) is 36.9 Å². The third kappa shape index (κ3) is 7.47. The largest absolute Gasteiger partial charge is 0.496 e. The molecule has 0 saturated heterocycles. The van der Waals surface area contributed by atoms with Gasteiger partial charge >= 0.3 is 5.97 Å². The Morgan fingerprint density at radius 2 is 1.76 bits per heavy atom. The summed E-state index contributed by atoms with van der Waals surface area (Å²) in [5.74, 6) is -0.481. The quantitative estimate of drug-likeness (QED) is 0.392. The van der Waals surface area contributed by atoms with Gasteiger partial charge in [-0.25, -0.2) is 0 Å². The Balaban J connectivity index is 1.93. The topological polar surface area (TPSA) is 132 Å². The second kappa shape index (κ2) is 13.1. The van der Waals surface area contributed by atoms with Crippen LogP contribution in [0.2, 0.25) is 0 Å². The average Bonchev–Trinajstić information content (AvgIpc) is 3.32. The molecular formula is C27H38N4O6. The molecule has 10 heteroatoms. The molecule has 1 heterocycles. The molecule has 3 rings (SSSR count). The Morgan fingerprint density at radius 1 is 1.11 bits per heavy atom. The van der Waals surface area contributed by atoms with Crippen molar-refractivity contribution in [3.05, 3.63) is 30.0 Å². The fourth-order valence-electron chi connectivity index (χ4n) is 4.89. The molecule has 1 aromatic heterocycles. The summed E-state index contributed by atoms with van der Waals surface area (Å²) < 4.78 is 13.2. The van der Waals surface area contributed by atoms with Crippen molar-refractivity contribution in [3.63, 3.8) is 0 Å². The minimum Gasteiger partial charge on any atom is -0.496 e. The lowest BCUT2D eigenvalue weighted by Gasteiger charge is -2.25. The summed E-state index contributed by atoms with van der Waals surface area (Å²) in [7, 11) is 3.19. The number of carbonyl (C=O) groups excluding carboxylic acids is 2. The first-order chi connectivity index (χ1) is 17.7. The lowest BCUT2D eigenvalue weighted by Crippen LogP contribution is -2.41. The second-order valence-corrected chi connectivity index (χ2v) is 9.86. The molecule has 202 valence electrons. The number of carbonyl (C=O) groups is 3. The van der Waals surface area contributed by atoms with E-state index in [2.05, 4.69) is 10.6 Å². The van der Waals surface area contributed by atoms with Crippen molar-refractivity contribution in [2.75, 3.05) is 20.8 Å². The number of carboxylic acid groups (broad SMARTS) is 1. The van der Waals surface area contributed by atoms with Crippen LogP contribution >= 0.6 is 0 Å². The van der Waals surface area contributed by atoms with Crippen molar-refractivity contribution < 1.29 is 29.0 Å². The fraction of sp³-hybridized carbons (Fsp3) is 0.556. The summed E-state index contributed by atoms with van der Waals surface area (Å²) in [6.07, 6.45) is 5.84. The van der Waals surface area contributed by atoms with E-state index in [1.165, 1.54) is 6.42 Å². The molecule has 1 aliphatic carbocycles. The Morgan fingerprint density at radius 3 is 2.32 bits per heavy atom. The zero-order chi connectivity index (χ0) is 26.9. The van der Waals surface area contributed by atoms with Crippen LogP contribution in [0.4, 0.5) is 0 Å². The van der Waals surface area contributed by atoms with E-state index in [1.807, 2.05) is 36.7 Å². The van der Waals surface area contributed by atoms with Crippen LogP contribution in [0.15, 0.2) is 24.3 Å². The number of benzene rings is 1. The lowest BCUT2D eigenvalue weighted by molar-refractivity contribution is -0.138. The van der Waals surface area contributed by atoms with Crippen LogP contribution in [0.5, 0.6) is 11.5 Å². The average molecular weight is 515 g/mol. The van der Waals surface area contributed by atoms with Crippen LogP contribution in [-0.2, 0) is 9.59 Å². The molecule has 0 radical (unpaired) electrons. The van der Waals surface area contributed by atoms with Crippen LogP contribution in [0, 0.1) is 5.92 Å². The highest BCUT2D eigenvalue weighted by molar-refractivity contribution is 5.94. The second-order valence-electron chi connectivity index (χ2n) is 9.86. The molecule has 1 aliphatic rings. The van der Waals surface area contributed by atoms with Gasteiger partial charge in [0.2, 0.25) is 5.91 Å². The highest BCUT2D eigenvalue weighted by Gasteiger charge is 2.27. The Kier molecular flexibility index (Phi) is 9.93. The molecule has 1 fully saturated rings. The third-order valence-corrected chi connectivity index (χ3v) is 6.53. The molecule has 1 atom stereocenters. The standard InChI is InChI=1S/C27H38N4O6/c1-17(2)13-18(14-24(32)28-16-25(33)34)29-27(35)20-15-21(31(30-20)19-9-6-5-7-10-19)26-22(36-3)11-8-12-23(26)37-4/h8,11-12,15,17-19H,5-7,9-10,13-14,16H2,1-4H3,(H,28,32)(H,29,35)(H,33,34)/t18-/m0/s1. The van der Waals surface area contributed by atoms with E-state index in [1.54, 1.807) is 20.3 Å². The van der Waals surface area contributed by atoms with Gasteiger partial charge in [-0.1, -0.05) is 39.2 Å². The molecule has 0 aliphatic heterocycles. The number of amides is 2. The minimum absolute atomic E-state index is 0.0201. The van der Waals surface area contributed by atoms with Crippen LogP contribution in [0.25, 0.3) is 11.3 Å². The third-order valence-electron chi connectivity index (χ3n) is 6.53. The van der Waals surface area contributed by atoms with Crippen LogP contribution < -0.4 is 20.1 Å². The maximum absolute atomic E-state index is 13.4. The molecule has 0 spiro atoms. The SMILES string of the molecule is COc1cccc(OC)c1-c1cc(C(=O)N[C@H](CC(=O)NCC(=O)O)CC(C)C)nn1C1CCCCC1. The summed E-state index contributed by atoms with van der Waals surface area (Å²) >= 11 is 0. The van der Waals surface area contributed by atoms with E-state index in [9.17, 15) is 14.4 Å². The van der Waals surface area contributed by atoms with E-state index >= 15 is 0 Å². The number of rotatable bonds is 12. The molecule has 0 unspecified atom stereocenters. The molecule has 2 amide bonds. The first-order valence-corrected chi connectivity index (χ1v) is 12.8. The Bertz CT molecular complexity index is 1070. The summed E-state index contributed by atoms with van der Waals surface area (Å²) in [5.41, 5.74) is 1.72. The van der Waals surface area contributed by atoms with Gasteiger partial charge in [0.05, 0.1) is 31.5 Å². The Hall–Kier alpha value is -3.56. The molecule has 0 bridgehead atoms. The minimum atomic E-state index is -1.12. The zero-order valence-corrected chi connectivity index (χ0v) is 22.1. The molecule has 10 nitrogen and oxygen atoms in total. The molecule has 37 heavy (non-hydrogen) atoms. The molecule has 1 aromatic carbocycles.